The molecule has 2 rings (SSSR count). The number of nitrogens with zero attached hydrogens (tertiary/aromatic N) is 2. The molecule has 6 heteroatoms. The summed E-state index contributed by atoms with van der Waals surface area (Å²) in [4.78, 5) is 0. The zero-order valence-corrected chi connectivity index (χ0v) is 15.4. The van der Waals surface area contributed by atoms with Gasteiger partial charge in [-0.3, -0.25) is 0 Å². The molecule has 1 N–H and O–H groups in total. The van der Waals surface area contributed by atoms with Gasteiger partial charge in [-0.15, -0.1) is 10.2 Å². The number of aryl methyl sites for hydroxylation is 1. The summed E-state index contributed by atoms with van der Waals surface area (Å²) in [5, 5.41) is 14.7. The molecule has 0 spiro atoms. The summed E-state index contributed by atoms with van der Waals surface area (Å²) >= 11 is 11.2. The van der Waals surface area contributed by atoms with Crippen molar-refractivity contribution in [3.63, 3.8) is 0 Å². The molecule has 0 bridgehead atoms. The van der Waals surface area contributed by atoms with E-state index in [0.717, 1.165) is 46.0 Å². The van der Waals surface area contributed by atoms with E-state index in [1.54, 1.807) is 11.3 Å². The quantitative estimate of drug-likeness (QED) is 0.692. The van der Waals surface area contributed by atoms with Crippen molar-refractivity contribution in [3.05, 3.63) is 32.7 Å². The summed E-state index contributed by atoms with van der Waals surface area (Å²) in [6.45, 7) is 6.52. The van der Waals surface area contributed by atoms with E-state index in [9.17, 15) is 0 Å². The van der Waals surface area contributed by atoms with Gasteiger partial charge in [0.05, 0.1) is 0 Å². The van der Waals surface area contributed by atoms with Gasteiger partial charge in [0.1, 0.15) is 10.0 Å². The molecular weight excluding hydrogens is 370 g/mol. The predicted molar refractivity (Wildman–Crippen MR) is 94.1 cm³/mol. The normalized spacial score (nSPS) is 11.3. The van der Waals surface area contributed by atoms with Crippen LogP contribution in [0.4, 0.5) is 0 Å². The van der Waals surface area contributed by atoms with Crippen LogP contribution in [0.25, 0.3) is 10.6 Å². The lowest BCUT2D eigenvalue weighted by Gasteiger charge is -2.05. The van der Waals surface area contributed by atoms with Crippen LogP contribution < -0.4 is 5.32 Å². The molecule has 1 heterocycles. The van der Waals surface area contributed by atoms with Crippen molar-refractivity contribution in [1.29, 1.82) is 0 Å². The molecule has 0 aliphatic carbocycles. The first-order chi connectivity index (χ1) is 10.0. The first kappa shape index (κ1) is 16.9. The molecule has 0 amide bonds. The average Bonchev–Trinajstić information content (AvgIpc) is 2.85. The van der Waals surface area contributed by atoms with E-state index in [1.807, 2.05) is 18.2 Å². The first-order valence-corrected chi connectivity index (χ1v) is 9.03. The van der Waals surface area contributed by atoms with Crippen LogP contribution in [0.2, 0.25) is 5.02 Å². The smallest absolute Gasteiger partial charge is 0.147 e. The lowest BCUT2D eigenvalue weighted by atomic mass is 10.2. The maximum Gasteiger partial charge on any atom is 0.147 e. The minimum Gasteiger partial charge on any atom is -0.316 e. The number of rotatable bonds is 7. The SMILES string of the molecule is CC(C)CNCCCc1nnc(-c2cc(Cl)cc(Br)c2)s1. The van der Waals surface area contributed by atoms with Crippen molar-refractivity contribution in [1.82, 2.24) is 15.5 Å². The summed E-state index contributed by atoms with van der Waals surface area (Å²) in [6, 6.07) is 5.80. The van der Waals surface area contributed by atoms with Crippen LogP contribution in [-0.2, 0) is 6.42 Å². The molecule has 0 saturated carbocycles. The lowest BCUT2D eigenvalue weighted by Crippen LogP contribution is -2.21. The zero-order chi connectivity index (χ0) is 15.2. The van der Waals surface area contributed by atoms with Crippen LogP contribution in [0, 0.1) is 5.92 Å². The number of nitrogens with one attached hydrogen (secondary N) is 1. The number of aromatic nitrogens is 2. The van der Waals surface area contributed by atoms with Gasteiger partial charge in [-0.05, 0) is 43.6 Å². The van der Waals surface area contributed by atoms with Gasteiger partial charge in [0.15, 0.2) is 0 Å². The fourth-order valence-electron chi connectivity index (χ4n) is 1.90. The van der Waals surface area contributed by atoms with Crippen LogP contribution in [0.1, 0.15) is 25.3 Å². The molecule has 3 nitrogen and oxygen atoms in total. The molecule has 21 heavy (non-hydrogen) atoms. The van der Waals surface area contributed by atoms with Crippen LogP contribution in [-0.4, -0.2) is 23.3 Å². The van der Waals surface area contributed by atoms with Crippen LogP contribution in [0.5, 0.6) is 0 Å². The van der Waals surface area contributed by atoms with Crippen LogP contribution >= 0.6 is 38.9 Å². The molecule has 0 saturated heterocycles. The summed E-state index contributed by atoms with van der Waals surface area (Å²) in [5.41, 5.74) is 1.01. The highest BCUT2D eigenvalue weighted by Gasteiger charge is 2.08. The topological polar surface area (TPSA) is 37.8 Å². The highest BCUT2D eigenvalue weighted by atomic mass is 79.9. The minimum absolute atomic E-state index is 0.694. The van der Waals surface area contributed by atoms with Crippen molar-refractivity contribution in [2.75, 3.05) is 13.1 Å². The highest BCUT2D eigenvalue weighted by Crippen LogP contribution is 2.29. The fraction of sp³-hybridized carbons (Fsp3) is 0.467. The maximum atomic E-state index is 6.07. The number of hydrogen-bond acceptors (Lipinski definition) is 4. The predicted octanol–water partition coefficient (Wildman–Crippen LogP) is 4.80. The van der Waals surface area contributed by atoms with Crippen molar-refractivity contribution in [2.45, 2.75) is 26.7 Å². The monoisotopic (exact) mass is 387 g/mol. The summed E-state index contributed by atoms with van der Waals surface area (Å²) in [6.07, 6.45) is 2.05. The molecule has 2 aromatic rings. The van der Waals surface area contributed by atoms with E-state index in [1.165, 1.54) is 0 Å². The van der Waals surface area contributed by atoms with E-state index in [-0.39, 0.29) is 0 Å². The standard InChI is InChI=1S/C15H19BrClN3S/c1-10(2)9-18-5-3-4-14-19-20-15(21-14)11-6-12(16)8-13(17)7-11/h6-8,10,18H,3-5,9H2,1-2H3. The molecule has 114 valence electrons. The van der Waals surface area contributed by atoms with E-state index in [4.69, 9.17) is 11.6 Å². The average molecular weight is 389 g/mol. The van der Waals surface area contributed by atoms with Gasteiger partial charge in [-0.1, -0.05) is 52.7 Å². The van der Waals surface area contributed by atoms with Crippen molar-refractivity contribution >= 4 is 38.9 Å². The Morgan fingerprint density at radius 2 is 2.10 bits per heavy atom. The van der Waals surface area contributed by atoms with E-state index >= 15 is 0 Å². The van der Waals surface area contributed by atoms with Gasteiger partial charge in [0.2, 0.25) is 0 Å². The Hall–Kier alpha value is -0.490. The maximum absolute atomic E-state index is 6.07. The number of halogens is 2. The number of benzene rings is 1. The number of hydrogen-bond donors (Lipinski definition) is 1. The van der Waals surface area contributed by atoms with E-state index in [0.29, 0.717) is 10.9 Å². The third-order valence-electron chi connectivity index (χ3n) is 2.87. The van der Waals surface area contributed by atoms with E-state index in [2.05, 4.69) is 45.3 Å². The third kappa shape index (κ3) is 5.66. The van der Waals surface area contributed by atoms with E-state index < -0.39 is 0 Å². The molecule has 0 atom stereocenters. The van der Waals surface area contributed by atoms with Gasteiger partial charge >= 0.3 is 0 Å². The summed E-state index contributed by atoms with van der Waals surface area (Å²) in [7, 11) is 0. The van der Waals surface area contributed by atoms with Gasteiger partial charge in [0.25, 0.3) is 0 Å². The largest absolute Gasteiger partial charge is 0.316 e. The summed E-state index contributed by atoms with van der Waals surface area (Å²) < 4.78 is 0.958. The van der Waals surface area contributed by atoms with Crippen molar-refractivity contribution in [2.24, 2.45) is 5.92 Å². The minimum atomic E-state index is 0.694. The Morgan fingerprint density at radius 1 is 1.29 bits per heavy atom. The second-order valence-electron chi connectivity index (χ2n) is 5.36. The molecule has 1 aromatic carbocycles. The summed E-state index contributed by atoms with van der Waals surface area (Å²) in [5.74, 6) is 0.694. The van der Waals surface area contributed by atoms with Gasteiger partial charge in [-0.25, -0.2) is 0 Å². The second kappa shape index (κ2) is 8.22. The zero-order valence-electron chi connectivity index (χ0n) is 12.2. The third-order valence-corrected chi connectivity index (χ3v) is 4.58. The molecule has 1 aromatic heterocycles. The molecule has 0 fully saturated rings. The fourth-order valence-corrected chi connectivity index (χ4v) is 3.63. The molecular formula is C15H19BrClN3S. The first-order valence-electron chi connectivity index (χ1n) is 7.04. The van der Waals surface area contributed by atoms with Crippen LogP contribution in [0.3, 0.4) is 0 Å². The van der Waals surface area contributed by atoms with Gasteiger partial charge < -0.3 is 5.32 Å². The Kier molecular flexibility index (Phi) is 6.61. The molecule has 0 aliphatic rings. The Morgan fingerprint density at radius 3 is 2.81 bits per heavy atom. The van der Waals surface area contributed by atoms with Gasteiger partial charge in [-0.2, -0.15) is 0 Å². The molecule has 0 aliphatic heterocycles. The lowest BCUT2D eigenvalue weighted by molar-refractivity contribution is 0.542. The van der Waals surface area contributed by atoms with Crippen LogP contribution in [0.15, 0.2) is 22.7 Å². The second-order valence-corrected chi connectivity index (χ2v) is 7.77. The molecule has 0 unspecified atom stereocenters. The Balaban J connectivity index is 1.89. The van der Waals surface area contributed by atoms with Crippen molar-refractivity contribution in [3.8, 4) is 10.6 Å². The highest BCUT2D eigenvalue weighted by molar-refractivity contribution is 9.10. The Labute approximate surface area is 143 Å². The molecule has 0 radical (unpaired) electrons. The van der Waals surface area contributed by atoms with Gasteiger partial charge in [0, 0.05) is 21.5 Å². The van der Waals surface area contributed by atoms with Crippen molar-refractivity contribution < 1.29 is 0 Å². The Bertz CT molecular complexity index is 566.